The molecule has 158 valence electrons. The fourth-order valence-corrected chi connectivity index (χ4v) is 1.83. The third-order valence-electron chi connectivity index (χ3n) is 2.92. The number of benzene rings is 2. The smallest absolute Gasteiger partial charge is 0.507 e. The van der Waals surface area contributed by atoms with E-state index in [1.54, 1.807) is 0 Å². The molecule has 29 heavy (non-hydrogen) atoms. The first-order chi connectivity index (χ1) is 13.4. The zero-order valence-corrected chi connectivity index (χ0v) is 14.4. The second-order valence-electron chi connectivity index (χ2n) is 4.96. The van der Waals surface area contributed by atoms with Crippen LogP contribution in [0.5, 0.6) is 23.0 Å². The Labute approximate surface area is 159 Å². The van der Waals surface area contributed by atoms with Crippen molar-refractivity contribution >= 4 is 12.6 Å². The number of alkyl halides is 6. The van der Waals surface area contributed by atoms with Crippen LogP contribution in [0.15, 0.2) is 36.4 Å². The molecule has 0 spiro atoms. The van der Waals surface area contributed by atoms with E-state index in [1.165, 1.54) is 13.2 Å². The molecule has 0 aliphatic carbocycles. The van der Waals surface area contributed by atoms with Crippen LogP contribution in [0.2, 0.25) is 0 Å². The summed E-state index contributed by atoms with van der Waals surface area (Å²) in [6.45, 7) is 0. The number of rotatable bonds is 5. The van der Waals surface area contributed by atoms with Crippen LogP contribution in [-0.2, 0) is 0 Å². The Kier molecular flexibility index (Phi) is 7.86. The first-order valence-corrected chi connectivity index (χ1v) is 7.31. The lowest BCUT2D eigenvalue weighted by Gasteiger charge is -2.10. The van der Waals surface area contributed by atoms with Gasteiger partial charge in [0.15, 0.2) is 12.6 Å². The Hall–Kier alpha value is -3.44. The Balaban J connectivity index is 0.000000291. The Morgan fingerprint density at radius 3 is 1.66 bits per heavy atom. The zero-order chi connectivity index (χ0) is 22.2. The number of phenols is 1. The highest BCUT2D eigenvalue weighted by atomic mass is 19.4. The number of carbonyl (C=O) groups excluding carboxylic acids is 2. The predicted molar refractivity (Wildman–Crippen MR) is 85.2 cm³/mol. The quantitative estimate of drug-likeness (QED) is 0.560. The highest BCUT2D eigenvalue weighted by Gasteiger charge is 2.32. The van der Waals surface area contributed by atoms with Crippen molar-refractivity contribution in [1.29, 1.82) is 0 Å². The van der Waals surface area contributed by atoms with Crippen molar-refractivity contribution in [2.75, 3.05) is 7.11 Å². The molecule has 0 atom stereocenters. The maximum absolute atomic E-state index is 11.8. The van der Waals surface area contributed by atoms with E-state index in [9.17, 15) is 35.9 Å². The van der Waals surface area contributed by atoms with Gasteiger partial charge in [-0.3, -0.25) is 9.59 Å². The Bertz CT molecular complexity index is 847. The van der Waals surface area contributed by atoms with Gasteiger partial charge in [0.25, 0.3) is 0 Å². The molecule has 0 saturated heterocycles. The zero-order valence-electron chi connectivity index (χ0n) is 14.4. The highest BCUT2D eigenvalue weighted by Crippen LogP contribution is 2.28. The molecule has 2 aromatic carbocycles. The third kappa shape index (κ3) is 8.41. The van der Waals surface area contributed by atoms with Gasteiger partial charge in [-0.25, -0.2) is 0 Å². The summed E-state index contributed by atoms with van der Waals surface area (Å²) < 4.78 is 82.5. The molecule has 0 saturated carbocycles. The van der Waals surface area contributed by atoms with Crippen LogP contribution in [0.1, 0.15) is 20.7 Å². The van der Waals surface area contributed by atoms with Gasteiger partial charge in [0, 0.05) is 0 Å². The van der Waals surface area contributed by atoms with Crippen molar-refractivity contribution in [2.24, 2.45) is 0 Å². The standard InChI is InChI=1S/C9H7F3O3.C8H5F3O3/c1-14-8-3-2-7(4-6(8)5-13)15-9(10,11)12;9-8(10,11)14-6-1-2-7(13)5(3-6)4-12/h2-5H,1H3;1-4,13H. The van der Waals surface area contributed by atoms with Gasteiger partial charge in [-0.2, -0.15) is 0 Å². The van der Waals surface area contributed by atoms with Crippen molar-refractivity contribution < 1.29 is 55.2 Å². The van der Waals surface area contributed by atoms with Gasteiger partial charge in [0.1, 0.15) is 23.0 Å². The fraction of sp³-hybridized carbons (Fsp3) is 0.176. The second kappa shape index (κ2) is 9.66. The lowest BCUT2D eigenvalue weighted by Crippen LogP contribution is -2.17. The highest BCUT2D eigenvalue weighted by molar-refractivity contribution is 5.80. The second-order valence-corrected chi connectivity index (χ2v) is 4.96. The average Bonchev–Trinajstić information content (AvgIpc) is 2.61. The number of carbonyl (C=O) groups is 2. The van der Waals surface area contributed by atoms with Crippen molar-refractivity contribution in [3.05, 3.63) is 47.5 Å². The fourth-order valence-electron chi connectivity index (χ4n) is 1.83. The predicted octanol–water partition coefficient (Wildman–Crippen LogP) is 4.51. The van der Waals surface area contributed by atoms with Gasteiger partial charge in [-0.15, -0.1) is 26.3 Å². The maximum atomic E-state index is 11.8. The van der Waals surface area contributed by atoms with Crippen LogP contribution in [0.3, 0.4) is 0 Å². The van der Waals surface area contributed by atoms with Crippen LogP contribution in [0.25, 0.3) is 0 Å². The van der Waals surface area contributed by atoms with Gasteiger partial charge in [0.2, 0.25) is 0 Å². The lowest BCUT2D eigenvalue weighted by molar-refractivity contribution is -0.275. The molecule has 12 heteroatoms. The largest absolute Gasteiger partial charge is 0.573 e. The van der Waals surface area contributed by atoms with E-state index >= 15 is 0 Å². The van der Waals surface area contributed by atoms with Crippen LogP contribution in [0, 0.1) is 0 Å². The van der Waals surface area contributed by atoms with Crippen LogP contribution >= 0.6 is 0 Å². The molecule has 0 amide bonds. The molecule has 0 aliphatic heterocycles. The molecule has 0 aromatic heterocycles. The minimum absolute atomic E-state index is 0.000694. The summed E-state index contributed by atoms with van der Waals surface area (Å²) in [4.78, 5) is 20.7. The maximum Gasteiger partial charge on any atom is 0.573 e. The van der Waals surface area contributed by atoms with E-state index in [2.05, 4.69) is 9.47 Å². The third-order valence-corrected chi connectivity index (χ3v) is 2.92. The van der Waals surface area contributed by atoms with Crippen molar-refractivity contribution in [3.8, 4) is 23.0 Å². The molecule has 0 bridgehead atoms. The topological polar surface area (TPSA) is 82.1 Å². The average molecular weight is 426 g/mol. The minimum Gasteiger partial charge on any atom is -0.507 e. The number of methoxy groups -OCH3 is 1. The van der Waals surface area contributed by atoms with Gasteiger partial charge in [-0.1, -0.05) is 0 Å². The van der Waals surface area contributed by atoms with Gasteiger partial charge in [0.05, 0.1) is 18.2 Å². The molecular formula is C17H12F6O6. The number of aldehydes is 2. The van der Waals surface area contributed by atoms with E-state index in [-0.39, 0.29) is 23.2 Å². The summed E-state index contributed by atoms with van der Waals surface area (Å²) in [7, 11) is 1.31. The molecule has 1 N–H and O–H groups in total. The molecule has 0 aliphatic rings. The molecule has 0 heterocycles. The summed E-state index contributed by atoms with van der Waals surface area (Å²) >= 11 is 0. The van der Waals surface area contributed by atoms with Crippen molar-refractivity contribution in [3.63, 3.8) is 0 Å². The minimum atomic E-state index is -4.81. The monoisotopic (exact) mass is 426 g/mol. The summed E-state index contributed by atoms with van der Waals surface area (Å²) in [6, 6.07) is 5.92. The van der Waals surface area contributed by atoms with E-state index < -0.39 is 30.0 Å². The molecule has 6 nitrogen and oxygen atoms in total. The van der Waals surface area contributed by atoms with Crippen molar-refractivity contribution in [2.45, 2.75) is 12.7 Å². The molecule has 0 fully saturated rings. The first-order valence-electron chi connectivity index (χ1n) is 7.31. The van der Waals surface area contributed by atoms with Crippen molar-refractivity contribution in [1.82, 2.24) is 0 Å². The summed E-state index contributed by atoms with van der Waals surface area (Å²) in [6.07, 6.45) is -8.95. The molecular weight excluding hydrogens is 414 g/mol. The number of hydrogen-bond donors (Lipinski definition) is 1. The number of phenolic OH excluding ortho intramolecular Hbond substituents is 1. The van der Waals surface area contributed by atoms with E-state index in [1.807, 2.05) is 0 Å². The SMILES string of the molecule is COc1ccc(OC(F)(F)F)cc1C=O.O=Cc1cc(OC(F)(F)F)ccc1O. The summed E-state index contributed by atoms with van der Waals surface area (Å²) in [5, 5.41) is 8.97. The molecule has 0 unspecified atom stereocenters. The van der Waals surface area contributed by atoms with Crippen LogP contribution in [0.4, 0.5) is 26.3 Å². The number of hydrogen-bond acceptors (Lipinski definition) is 6. The van der Waals surface area contributed by atoms with Crippen LogP contribution < -0.4 is 14.2 Å². The Morgan fingerprint density at radius 1 is 0.793 bits per heavy atom. The normalized spacial score (nSPS) is 11.0. The van der Waals surface area contributed by atoms with E-state index in [4.69, 9.17) is 9.84 Å². The van der Waals surface area contributed by atoms with Gasteiger partial charge in [-0.05, 0) is 36.4 Å². The number of aromatic hydroxyl groups is 1. The number of ether oxygens (including phenoxy) is 3. The summed E-state index contributed by atoms with van der Waals surface area (Å²) in [5.74, 6) is -1.20. The molecule has 2 rings (SSSR count). The van der Waals surface area contributed by atoms with Gasteiger partial charge >= 0.3 is 12.7 Å². The molecule has 0 radical (unpaired) electrons. The van der Waals surface area contributed by atoms with Gasteiger partial charge < -0.3 is 19.3 Å². The van der Waals surface area contributed by atoms with Crippen LogP contribution in [-0.4, -0.2) is 37.5 Å². The lowest BCUT2D eigenvalue weighted by atomic mass is 10.2. The number of halogens is 6. The Morgan fingerprint density at radius 2 is 1.24 bits per heavy atom. The van der Waals surface area contributed by atoms with E-state index in [0.717, 1.165) is 30.3 Å². The summed E-state index contributed by atoms with van der Waals surface area (Å²) in [5.41, 5.74) is -0.258. The van der Waals surface area contributed by atoms with E-state index in [0.29, 0.717) is 6.29 Å². The molecule has 2 aromatic rings. The first kappa shape index (κ1) is 23.6.